The summed E-state index contributed by atoms with van der Waals surface area (Å²) in [6.07, 6.45) is 0. The van der Waals surface area contributed by atoms with Gasteiger partial charge in [0.1, 0.15) is 0 Å². The van der Waals surface area contributed by atoms with E-state index in [4.69, 9.17) is 0 Å². The molecule has 0 aromatic heterocycles. The number of hydrogen-bond acceptors (Lipinski definition) is 2. The molecule has 0 saturated heterocycles. The second-order valence-corrected chi connectivity index (χ2v) is 4.51. The van der Waals surface area contributed by atoms with Crippen molar-refractivity contribution in [2.24, 2.45) is 0 Å². The predicted octanol–water partition coefficient (Wildman–Crippen LogP) is 3.28. The SMILES string of the molecule is O=C(O)c1cc([O-])c2ccccc2c1-c1ccccc1. The zero-order valence-corrected chi connectivity index (χ0v) is 10.5. The molecule has 0 radical (unpaired) electrons. The number of carbonyl (C=O) groups is 1. The lowest BCUT2D eigenvalue weighted by atomic mass is 9.93. The van der Waals surface area contributed by atoms with Crippen molar-refractivity contribution in [1.82, 2.24) is 0 Å². The minimum Gasteiger partial charge on any atom is -0.872 e. The lowest BCUT2D eigenvalue weighted by Crippen LogP contribution is -2.03. The molecule has 0 bridgehead atoms. The van der Waals surface area contributed by atoms with E-state index in [-0.39, 0.29) is 11.3 Å². The van der Waals surface area contributed by atoms with E-state index in [9.17, 15) is 15.0 Å². The maximum atomic E-state index is 12.0. The van der Waals surface area contributed by atoms with E-state index >= 15 is 0 Å². The van der Waals surface area contributed by atoms with Gasteiger partial charge in [0.05, 0.1) is 5.56 Å². The van der Waals surface area contributed by atoms with Crippen molar-refractivity contribution in [3.8, 4) is 16.9 Å². The van der Waals surface area contributed by atoms with Gasteiger partial charge in [-0.05, 0) is 16.3 Å². The van der Waals surface area contributed by atoms with Gasteiger partial charge in [0.15, 0.2) is 0 Å². The number of aromatic carboxylic acids is 1. The third-order valence-electron chi connectivity index (χ3n) is 3.30. The van der Waals surface area contributed by atoms with E-state index in [0.717, 1.165) is 5.56 Å². The molecule has 3 aromatic rings. The lowest BCUT2D eigenvalue weighted by molar-refractivity contribution is -0.265. The van der Waals surface area contributed by atoms with Crippen LogP contribution in [0, 0.1) is 0 Å². The van der Waals surface area contributed by atoms with Crippen LogP contribution in [0.2, 0.25) is 0 Å². The summed E-state index contributed by atoms with van der Waals surface area (Å²) in [5, 5.41) is 22.6. The predicted molar refractivity (Wildman–Crippen MR) is 75.8 cm³/mol. The zero-order valence-electron chi connectivity index (χ0n) is 10.5. The molecule has 0 spiro atoms. The maximum Gasteiger partial charge on any atom is 0.336 e. The molecule has 98 valence electrons. The second kappa shape index (κ2) is 4.70. The average Bonchev–Trinajstić information content (AvgIpc) is 2.48. The van der Waals surface area contributed by atoms with Crippen LogP contribution in [0.3, 0.4) is 0 Å². The van der Waals surface area contributed by atoms with Gasteiger partial charge in [-0.1, -0.05) is 60.7 Å². The molecule has 0 unspecified atom stereocenters. The Kier molecular flexibility index (Phi) is 2.88. The van der Waals surface area contributed by atoms with Crippen LogP contribution in [0.25, 0.3) is 21.9 Å². The molecule has 0 fully saturated rings. The van der Waals surface area contributed by atoms with Gasteiger partial charge in [-0.3, -0.25) is 0 Å². The molecule has 20 heavy (non-hydrogen) atoms. The zero-order chi connectivity index (χ0) is 14.1. The average molecular weight is 263 g/mol. The highest BCUT2D eigenvalue weighted by molar-refractivity contribution is 6.09. The first-order valence-corrected chi connectivity index (χ1v) is 6.20. The Morgan fingerprint density at radius 3 is 2.15 bits per heavy atom. The Balaban J connectivity index is 2.47. The highest BCUT2D eigenvalue weighted by Gasteiger charge is 2.15. The fourth-order valence-corrected chi connectivity index (χ4v) is 2.43. The van der Waals surface area contributed by atoms with Crippen molar-refractivity contribution in [2.45, 2.75) is 0 Å². The largest absolute Gasteiger partial charge is 0.872 e. The highest BCUT2D eigenvalue weighted by Crippen LogP contribution is 2.36. The summed E-state index contributed by atoms with van der Waals surface area (Å²) in [4.78, 5) is 11.5. The standard InChI is InChI=1S/C17H12O3/c18-15-10-14(17(19)20)16(11-6-2-1-3-7-11)13-9-5-4-8-12(13)15/h1-10,18H,(H,19,20)/p-1. The number of carboxylic acids is 1. The normalized spacial score (nSPS) is 10.6. The fourth-order valence-electron chi connectivity index (χ4n) is 2.43. The number of carboxylic acid groups (broad SMARTS) is 1. The van der Waals surface area contributed by atoms with E-state index in [2.05, 4.69) is 0 Å². The van der Waals surface area contributed by atoms with Crippen LogP contribution in [0.5, 0.6) is 5.75 Å². The molecular weight excluding hydrogens is 252 g/mol. The summed E-state index contributed by atoms with van der Waals surface area (Å²) in [6, 6.07) is 17.5. The first-order valence-electron chi connectivity index (χ1n) is 6.20. The first-order chi connectivity index (χ1) is 9.68. The summed E-state index contributed by atoms with van der Waals surface area (Å²) >= 11 is 0. The summed E-state index contributed by atoms with van der Waals surface area (Å²) in [6.45, 7) is 0. The van der Waals surface area contributed by atoms with Gasteiger partial charge in [0.2, 0.25) is 0 Å². The molecule has 3 nitrogen and oxygen atoms in total. The third-order valence-corrected chi connectivity index (χ3v) is 3.30. The molecule has 0 aliphatic heterocycles. The third kappa shape index (κ3) is 1.89. The van der Waals surface area contributed by atoms with Crippen LogP contribution in [-0.2, 0) is 0 Å². The maximum absolute atomic E-state index is 12.0. The molecule has 0 aliphatic carbocycles. The van der Waals surface area contributed by atoms with Crippen molar-refractivity contribution >= 4 is 16.7 Å². The summed E-state index contributed by atoms with van der Waals surface area (Å²) < 4.78 is 0. The Hall–Kier alpha value is -2.81. The number of fused-ring (bicyclic) bond motifs is 1. The van der Waals surface area contributed by atoms with Crippen molar-refractivity contribution in [2.75, 3.05) is 0 Å². The molecule has 3 heteroatoms. The van der Waals surface area contributed by atoms with Crippen molar-refractivity contribution < 1.29 is 15.0 Å². The van der Waals surface area contributed by atoms with Crippen LogP contribution in [0.4, 0.5) is 0 Å². The summed E-state index contributed by atoms with van der Waals surface area (Å²) in [7, 11) is 0. The smallest absolute Gasteiger partial charge is 0.336 e. The number of hydrogen-bond donors (Lipinski definition) is 1. The van der Waals surface area contributed by atoms with Crippen LogP contribution in [0.15, 0.2) is 60.7 Å². The molecule has 3 aromatic carbocycles. The van der Waals surface area contributed by atoms with E-state index in [1.807, 2.05) is 30.3 Å². The quantitative estimate of drug-likeness (QED) is 0.771. The van der Waals surface area contributed by atoms with Crippen LogP contribution in [0.1, 0.15) is 10.4 Å². The summed E-state index contributed by atoms with van der Waals surface area (Å²) in [5.74, 6) is -1.36. The van der Waals surface area contributed by atoms with Crippen LogP contribution >= 0.6 is 0 Å². The highest BCUT2D eigenvalue weighted by atomic mass is 16.4. The molecular formula is C17H11O3-. The molecule has 0 saturated carbocycles. The van der Waals surface area contributed by atoms with Crippen molar-refractivity contribution in [3.63, 3.8) is 0 Å². The van der Waals surface area contributed by atoms with E-state index < -0.39 is 5.97 Å². The van der Waals surface area contributed by atoms with E-state index in [1.54, 1.807) is 24.3 Å². The van der Waals surface area contributed by atoms with Gasteiger partial charge in [0.25, 0.3) is 0 Å². The van der Waals surface area contributed by atoms with Crippen LogP contribution in [-0.4, -0.2) is 11.1 Å². The van der Waals surface area contributed by atoms with Crippen molar-refractivity contribution in [3.05, 3.63) is 66.2 Å². The van der Waals surface area contributed by atoms with Gasteiger partial charge in [-0.15, -0.1) is 5.75 Å². The van der Waals surface area contributed by atoms with Gasteiger partial charge in [-0.25, -0.2) is 4.79 Å². The first kappa shape index (κ1) is 12.2. The Morgan fingerprint density at radius 1 is 0.900 bits per heavy atom. The molecule has 1 N–H and O–H groups in total. The summed E-state index contributed by atoms with van der Waals surface area (Å²) in [5.41, 5.74) is 1.43. The fraction of sp³-hybridized carbons (Fsp3) is 0. The van der Waals surface area contributed by atoms with Crippen molar-refractivity contribution in [1.29, 1.82) is 0 Å². The van der Waals surface area contributed by atoms with E-state index in [1.165, 1.54) is 6.07 Å². The van der Waals surface area contributed by atoms with Gasteiger partial charge >= 0.3 is 5.97 Å². The minimum atomic E-state index is -1.09. The molecule has 0 heterocycles. The molecule has 0 atom stereocenters. The molecule has 0 amide bonds. The Labute approximate surface area is 115 Å². The molecule has 3 rings (SSSR count). The van der Waals surface area contributed by atoms with E-state index in [0.29, 0.717) is 16.3 Å². The Morgan fingerprint density at radius 2 is 1.50 bits per heavy atom. The lowest BCUT2D eigenvalue weighted by Gasteiger charge is -2.17. The number of rotatable bonds is 2. The number of benzene rings is 3. The molecule has 0 aliphatic rings. The monoisotopic (exact) mass is 263 g/mol. The van der Waals surface area contributed by atoms with Crippen LogP contribution < -0.4 is 5.11 Å². The van der Waals surface area contributed by atoms with Gasteiger partial charge < -0.3 is 10.2 Å². The minimum absolute atomic E-state index is 0.0416. The van der Waals surface area contributed by atoms with Gasteiger partial charge in [-0.2, -0.15) is 0 Å². The van der Waals surface area contributed by atoms with Gasteiger partial charge in [0, 0.05) is 5.56 Å². The topological polar surface area (TPSA) is 60.4 Å². The second-order valence-electron chi connectivity index (χ2n) is 4.51. The Bertz CT molecular complexity index is 792.